The molecule has 1 aromatic carbocycles. The molecule has 1 aliphatic heterocycles. The number of hydrogen-bond donors (Lipinski definition) is 1. The Balaban J connectivity index is 1.35. The molecule has 26 heavy (non-hydrogen) atoms. The molecule has 1 aliphatic carbocycles. The topological polar surface area (TPSA) is 61.4 Å². The minimum absolute atomic E-state index is 0.0417. The van der Waals surface area contributed by atoms with E-state index in [0.29, 0.717) is 6.04 Å². The van der Waals surface area contributed by atoms with E-state index in [0.717, 1.165) is 68.0 Å². The van der Waals surface area contributed by atoms with Crippen LogP contribution < -0.4 is 5.32 Å². The normalized spacial score (nSPS) is 20.2. The molecule has 1 saturated carbocycles. The summed E-state index contributed by atoms with van der Waals surface area (Å²) in [5.41, 5.74) is 3.96. The number of carbonyl (C=O) groups excluding carboxylic acids is 1. The Morgan fingerprint density at radius 2 is 1.81 bits per heavy atom. The molecular weight excluding hydrogens is 326 g/mol. The number of benzene rings is 1. The minimum atomic E-state index is -0.0417. The van der Waals surface area contributed by atoms with E-state index in [2.05, 4.69) is 20.1 Å². The summed E-state index contributed by atoms with van der Waals surface area (Å²) in [4.78, 5) is 26.4. The summed E-state index contributed by atoms with van der Waals surface area (Å²) in [6.07, 6.45) is 2.27. The van der Waals surface area contributed by atoms with Gasteiger partial charge in [-0.15, -0.1) is 0 Å². The zero-order chi connectivity index (χ0) is 18.1. The van der Waals surface area contributed by atoms with Crippen LogP contribution in [0.15, 0.2) is 24.3 Å². The molecule has 0 radical (unpaired) electrons. The molecule has 4 rings (SSSR count). The van der Waals surface area contributed by atoms with Gasteiger partial charge in [0.15, 0.2) is 0 Å². The van der Waals surface area contributed by atoms with Crippen LogP contribution in [0, 0.1) is 6.92 Å². The van der Waals surface area contributed by atoms with Crippen LogP contribution in [0.5, 0.6) is 0 Å². The Morgan fingerprint density at radius 1 is 1.15 bits per heavy atom. The molecule has 2 aromatic rings. The first kappa shape index (κ1) is 17.4. The Hall–Kier alpha value is -2.05. The zero-order valence-corrected chi connectivity index (χ0v) is 15.6. The highest BCUT2D eigenvalue weighted by molar-refractivity contribution is 5.81. The van der Waals surface area contributed by atoms with Crippen molar-refractivity contribution in [2.45, 2.75) is 45.3 Å². The highest BCUT2D eigenvalue weighted by Gasteiger charge is 2.30. The predicted octanol–water partition coefficient (Wildman–Crippen LogP) is 1.72. The highest BCUT2D eigenvalue weighted by atomic mass is 16.2. The van der Waals surface area contributed by atoms with Crippen LogP contribution in [-0.4, -0.2) is 63.9 Å². The number of hydrogen-bond acceptors (Lipinski definition) is 5. The molecule has 0 bridgehead atoms. The molecule has 2 fully saturated rings. The quantitative estimate of drug-likeness (QED) is 0.887. The lowest BCUT2D eigenvalue weighted by Gasteiger charge is -2.37. The van der Waals surface area contributed by atoms with Gasteiger partial charge in [0.2, 0.25) is 5.91 Å². The summed E-state index contributed by atoms with van der Waals surface area (Å²) >= 11 is 0. The molecule has 1 aromatic heterocycles. The molecular formula is C20H27N5O. The van der Waals surface area contributed by atoms with E-state index in [1.165, 1.54) is 0 Å². The van der Waals surface area contributed by atoms with Crippen LogP contribution in [-0.2, 0) is 11.3 Å². The minimum Gasteiger partial charge on any atom is -0.352 e. The van der Waals surface area contributed by atoms with Gasteiger partial charge in [-0.3, -0.25) is 14.6 Å². The van der Waals surface area contributed by atoms with E-state index >= 15 is 0 Å². The lowest BCUT2D eigenvalue weighted by Crippen LogP contribution is -2.53. The summed E-state index contributed by atoms with van der Waals surface area (Å²) in [6, 6.07) is 8.41. The molecule has 2 aliphatic rings. The maximum absolute atomic E-state index is 12.2. The van der Waals surface area contributed by atoms with E-state index in [4.69, 9.17) is 4.98 Å². The predicted molar refractivity (Wildman–Crippen MR) is 102 cm³/mol. The van der Waals surface area contributed by atoms with Gasteiger partial charge in [0.1, 0.15) is 0 Å². The first-order valence-corrected chi connectivity index (χ1v) is 9.59. The van der Waals surface area contributed by atoms with Crippen molar-refractivity contribution in [3.8, 4) is 0 Å². The lowest BCUT2D eigenvalue weighted by molar-refractivity contribution is -0.126. The van der Waals surface area contributed by atoms with Crippen LogP contribution in [0.1, 0.15) is 31.2 Å². The monoisotopic (exact) mass is 353 g/mol. The van der Waals surface area contributed by atoms with Crippen molar-refractivity contribution in [1.82, 2.24) is 25.1 Å². The number of para-hydroxylation sites is 2. The van der Waals surface area contributed by atoms with Gasteiger partial charge in [0.05, 0.1) is 28.5 Å². The molecule has 1 saturated heterocycles. The Kier molecular flexibility index (Phi) is 4.87. The Morgan fingerprint density at radius 3 is 2.46 bits per heavy atom. The summed E-state index contributed by atoms with van der Waals surface area (Å²) < 4.78 is 0. The van der Waals surface area contributed by atoms with Crippen LogP contribution in [0.3, 0.4) is 0 Å². The Bertz CT molecular complexity index is 796. The van der Waals surface area contributed by atoms with Gasteiger partial charge in [0.25, 0.3) is 0 Å². The number of carbonyl (C=O) groups is 1. The molecule has 6 nitrogen and oxygen atoms in total. The van der Waals surface area contributed by atoms with Gasteiger partial charge in [-0.1, -0.05) is 12.1 Å². The van der Waals surface area contributed by atoms with Crippen molar-refractivity contribution >= 4 is 16.9 Å². The number of nitrogens with one attached hydrogen (secondary N) is 1. The lowest BCUT2D eigenvalue weighted by atomic mass is 10.2. The van der Waals surface area contributed by atoms with Crippen molar-refractivity contribution in [1.29, 1.82) is 0 Å². The number of nitrogens with zero attached hydrogens (tertiary/aromatic N) is 4. The number of rotatable bonds is 5. The zero-order valence-electron chi connectivity index (χ0n) is 15.6. The number of piperazine rings is 1. The smallest absolute Gasteiger partial charge is 0.237 e. The molecule has 0 spiro atoms. The average molecular weight is 353 g/mol. The van der Waals surface area contributed by atoms with E-state index < -0.39 is 0 Å². The summed E-state index contributed by atoms with van der Waals surface area (Å²) in [6.45, 7) is 8.62. The number of aryl methyl sites for hydroxylation is 1. The van der Waals surface area contributed by atoms with Crippen molar-refractivity contribution in [3.63, 3.8) is 0 Å². The van der Waals surface area contributed by atoms with Gasteiger partial charge in [-0.05, 0) is 38.8 Å². The van der Waals surface area contributed by atoms with Crippen molar-refractivity contribution in [3.05, 3.63) is 35.7 Å². The maximum atomic E-state index is 12.2. The third-order valence-corrected chi connectivity index (χ3v) is 5.47. The first-order chi connectivity index (χ1) is 12.6. The summed E-state index contributed by atoms with van der Waals surface area (Å²) in [5, 5.41) is 3.11. The third-order valence-electron chi connectivity index (χ3n) is 5.47. The molecule has 1 atom stereocenters. The molecule has 2 heterocycles. The SMILES string of the molecule is Cc1nc2ccccc2nc1CN1CCN([C@@H](C)C(=O)NC2CC2)CC1. The number of amides is 1. The van der Waals surface area contributed by atoms with Crippen molar-refractivity contribution in [2.75, 3.05) is 26.2 Å². The maximum Gasteiger partial charge on any atom is 0.237 e. The van der Waals surface area contributed by atoms with Crippen LogP contribution >= 0.6 is 0 Å². The number of aromatic nitrogens is 2. The standard InChI is InChI=1S/C20H27N5O/c1-14-19(23-18-6-4-3-5-17(18)21-14)13-24-9-11-25(12-10-24)15(2)20(26)22-16-7-8-16/h3-6,15-16H,7-13H2,1-2H3,(H,22,26)/t15-/m0/s1. The van der Waals surface area contributed by atoms with Crippen molar-refractivity contribution in [2.24, 2.45) is 0 Å². The molecule has 0 unspecified atom stereocenters. The fourth-order valence-electron chi connectivity index (χ4n) is 3.51. The van der Waals surface area contributed by atoms with E-state index in [1.54, 1.807) is 0 Å². The van der Waals surface area contributed by atoms with Gasteiger partial charge >= 0.3 is 0 Å². The molecule has 138 valence electrons. The third kappa shape index (κ3) is 3.86. The van der Waals surface area contributed by atoms with Gasteiger partial charge in [0, 0.05) is 38.8 Å². The summed E-state index contributed by atoms with van der Waals surface area (Å²) in [5.74, 6) is 0.178. The van der Waals surface area contributed by atoms with E-state index in [-0.39, 0.29) is 11.9 Å². The second kappa shape index (κ2) is 7.29. The molecule has 6 heteroatoms. The summed E-state index contributed by atoms with van der Waals surface area (Å²) in [7, 11) is 0. The van der Waals surface area contributed by atoms with E-state index in [1.807, 2.05) is 38.1 Å². The first-order valence-electron chi connectivity index (χ1n) is 9.59. The van der Waals surface area contributed by atoms with Crippen LogP contribution in [0.4, 0.5) is 0 Å². The molecule has 1 N–H and O–H groups in total. The van der Waals surface area contributed by atoms with Crippen molar-refractivity contribution < 1.29 is 4.79 Å². The van der Waals surface area contributed by atoms with Crippen LogP contribution in [0.25, 0.3) is 11.0 Å². The fraction of sp³-hybridized carbons (Fsp3) is 0.550. The highest BCUT2D eigenvalue weighted by Crippen LogP contribution is 2.20. The van der Waals surface area contributed by atoms with Gasteiger partial charge in [-0.2, -0.15) is 0 Å². The van der Waals surface area contributed by atoms with Gasteiger partial charge in [-0.25, -0.2) is 9.97 Å². The second-order valence-corrected chi connectivity index (χ2v) is 7.52. The Labute approximate surface area is 154 Å². The number of fused-ring (bicyclic) bond motifs is 1. The van der Waals surface area contributed by atoms with E-state index in [9.17, 15) is 4.79 Å². The van der Waals surface area contributed by atoms with Gasteiger partial charge < -0.3 is 5.32 Å². The largest absolute Gasteiger partial charge is 0.352 e. The second-order valence-electron chi connectivity index (χ2n) is 7.52. The average Bonchev–Trinajstić information content (AvgIpc) is 3.46. The van der Waals surface area contributed by atoms with Crippen LogP contribution in [0.2, 0.25) is 0 Å². The fourth-order valence-corrected chi connectivity index (χ4v) is 3.51. The molecule has 1 amide bonds.